The Morgan fingerprint density at radius 1 is 1.17 bits per heavy atom. The van der Waals surface area contributed by atoms with Gasteiger partial charge in [-0.25, -0.2) is 19.4 Å². The lowest BCUT2D eigenvalue weighted by molar-refractivity contribution is 0.251. The molecule has 0 saturated carbocycles. The molecule has 0 radical (unpaired) electrons. The van der Waals surface area contributed by atoms with Gasteiger partial charge in [-0.1, -0.05) is 35.1 Å². The van der Waals surface area contributed by atoms with Crippen LogP contribution < -0.4 is 10.6 Å². The fraction of sp³-hybridized carbons (Fsp3) is 0.125. The van der Waals surface area contributed by atoms with Crippen molar-refractivity contribution < 1.29 is 4.79 Å². The van der Waals surface area contributed by atoms with Crippen LogP contribution >= 0.6 is 22.9 Å². The van der Waals surface area contributed by atoms with Crippen LogP contribution in [-0.2, 0) is 19.4 Å². The van der Waals surface area contributed by atoms with Crippen LogP contribution in [0.1, 0.15) is 17.1 Å². The second-order valence-electron chi connectivity index (χ2n) is 7.92. The third-order valence-electron chi connectivity index (χ3n) is 5.72. The van der Waals surface area contributed by atoms with E-state index in [-0.39, 0.29) is 6.03 Å². The standard InChI is InChI=1S/C24H19ClN8OS/c25-16-5-1-2-6-18(16)33-21-15(20(32-33)14-4-3-9-26-12-14)7-8-17-22(21)35-24(30-17)31-23(34)29-13-19-27-10-11-28-19/h1-6,9-12H,7-8,13H2,(H,27,28)(H2,29,30,31,34). The number of aryl methyl sites for hydroxylation is 1. The minimum atomic E-state index is -0.344. The fourth-order valence-corrected chi connectivity index (χ4v) is 5.44. The number of nitrogens with one attached hydrogen (secondary N) is 3. The zero-order valence-corrected chi connectivity index (χ0v) is 19.9. The number of aromatic amines is 1. The number of thiazole rings is 1. The van der Waals surface area contributed by atoms with Crippen LogP contribution in [0.25, 0.3) is 27.5 Å². The van der Waals surface area contributed by atoms with E-state index in [0.717, 1.165) is 51.6 Å². The van der Waals surface area contributed by atoms with Gasteiger partial charge in [-0.05, 0) is 37.1 Å². The molecule has 11 heteroatoms. The molecule has 0 spiro atoms. The molecule has 0 bridgehead atoms. The summed E-state index contributed by atoms with van der Waals surface area (Å²) in [4.78, 5) is 29.5. The van der Waals surface area contributed by atoms with Crippen LogP contribution in [-0.4, -0.2) is 35.7 Å². The van der Waals surface area contributed by atoms with E-state index in [2.05, 4.69) is 25.6 Å². The van der Waals surface area contributed by atoms with Crippen molar-refractivity contribution in [2.75, 3.05) is 5.32 Å². The number of H-pyrrole nitrogens is 1. The molecule has 4 aromatic heterocycles. The number of amides is 2. The SMILES string of the molecule is O=C(NCc1ncc[nH]1)Nc1nc2c(s1)-c1c(c(-c3cccnc3)nn1-c1ccccc1Cl)CC2. The van der Waals surface area contributed by atoms with Gasteiger partial charge in [0.15, 0.2) is 5.13 Å². The molecule has 2 amide bonds. The maximum absolute atomic E-state index is 12.4. The normalized spacial score (nSPS) is 12.1. The maximum atomic E-state index is 12.4. The van der Waals surface area contributed by atoms with Gasteiger partial charge < -0.3 is 10.3 Å². The molecule has 6 rings (SSSR count). The van der Waals surface area contributed by atoms with Crippen molar-refractivity contribution in [2.45, 2.75) is 19.4 Å². The van der Waals surface area contributed by atoms with Gasteiger partial charge in [0.2, 0.25) is 0 Å². The number of urea groups is 1. The van der Waals surface area contributed by atoms with Gasteiger partial charge in [-0.15, -0.1) is 0 Å². The zero-order valence-electron chi connectivity index (χ0n) is 18.3. The molecular weight excluding hydrogens is 484 g/mol. The average molecular weight is 503 g/mol. The van der Waals surface area contributed by atoms with E-state index in [9.17, 15) is 4.79 Å². The predicted molar refractivity (Wildman–Crippen MR) is 135 cm³/mol. The Bertz CT molecular complexity index is 1510. The van der Waals surface area contributed by atoms with E-state index in [4.69, 9.17) is 21.7 Å². The number of benzene rings is 1. The molecular formula is C24H19ClN8OS. The van der Waals surface area contributed by atoms with Gasteiger partial charge in [-0.3, -0.25) is 10.3 Å². The van der Waals surface area contributed by atoms with Crippen LogP contribution in [0.5, 0.6) is 0 Å². The second kappa shape index (κ2) is 8.97. The van der Waals surface area contributed by atoms with Crippen molar-refractivity contribution in [1.82, 2.24) is 35.0 Å². The number of pyridine rings is 1. The van der Waals surface area contributed by atoms with E-state index in [1.807, 2.05) is 47.3 Å². The molecule has 0 unspecified atom stereocenters. The molecule has 174 valence electrons. The molecule has 1 aromatic carbocycles. The molecule has 0 fully saturated rings. The highest BCUT2D eigenvalue weighted by Gasteiger charge is 2.30. The first-order valence-corrected chi connectivity index (χ1v) is 12.2. The summed E-state index contributed by atoms with van der Waals surface area (Å²) < 4.78 is 1.89. The minimum absolute atomic E-state index is 0.293. The Balaban J connectivity index is 1.39. The first-order chi connectivity index (χ1) is 17.2. The number of nitrogens with zero attached hydrogens (tertiary/aromatic N) is 5. The molecule has 0 saturated heterocycles. The van der Waals surface area contributed by atoms with Gasteiger partial charge >= 0.3 is 6.03 Å². The molecule has 0 atom stereocenters. The van der Waals surface area contributed by atoms with Crippen molar-refractivity contribution in [2.24, 2.45) is 0 Å². The van der Waals surface area contributed by atoms with E-state index >= 15 is 0 Å². The fourth-order valence-electron chi connectivity index (χ4n) is 4.16. The smallest absolute Gasteiger partial charge is 0.321 e. The number of carbonyl (C=O) groups is 1. The molecule has 35 heavy (non-hydrogen) atoms. The average Bonchev–Trinajstić information content (AvgIpc) is 3.62. The third-order valence-corrected chi connectivity index (χ3v) is 7.05. The lowest BCUT2D eigenvalue weighted by Gasteiger charge is -2.14. The van der Waals surface area contributed by atoms with Crippen molar-refractivity contribution >= 4 is 34.1 Å². The summed E-state index contributed by atoms with van der Waals surface area (Å²) in [5, 5.41) is 11.7. The first kappa shape index (κ1) is 21.5. The number of anilines is 1. The number of fused-ring (bicyclic) bond motifs is 3. The van der Waals surface area contributed by atoms with Crippen molar-refractivity contribution in [3.63, 3.8) is 0 Å². The number of imidazole rings is 1. The summed E-state index contributed by atoms with van der Waals surface area (Å²) in [6, 6.07) is 11.2. The summed E-state index contributed by atoms with van der Waals surface area (Å²) in [5.41, 5.74) is 5.58. The largest absolute Gasteiger partial charge is 0.347 e. The van der Waals surface area contributed by atoms with Crippen LogP contribution in [0.2, 0.25) is 5.02 Å². The molecule has 5 aromatic rings. The monoisotopic (exact) mass is 502 g/mol. The summed E-state index contributed by atoms with van der Waals surface area (Å²) in [6.45, 7) is 0.293. The van der Waals surface area contributed by atoms with Gasteiger partial charge in [0.25, 0.3) is 0 Å². The third kappa shape index (κ3) is 4.07. The van der Waals surface area contributed by atoms with Gasteiger partial charge in [-0.2, -0.15) is 5.10 Å². The van der Waals surface area contributed by atoms with E-state index in [1.54, 1.807) is 18.6 Å². The minimum Gasteiger partial charge on any atom is -0.347 e. The summed E-state index contributed by atoms with van der Waals surface area (Å²) >= 11 is 8.00. The van der Waals surface area contributed by atoms with E-state index in [1.165, 1.54) is 11.3 Å². The van der Waals surface area contributed by atoms with Crippen LogP contribution in [0, 0.1) is 0 Å². The van der Waals surface area contributed by atoms with Crippen LogP contribution in [0.4, 0.5) is 9.93 Å². The number of carbonyl (C=O) groups excluding carboxylic acids is 1. The van der Waals surface area contributed by atoms with Gasteiger partial charge in [0.05, 0.1) is 39.2 Å². The summed E-state index contributed by atoms with van der Waals surface area (Å²) in [5.74, 6) is 0.676. The lowest BCUT2D eigenvalue weighted by Crippen LogP contribution is -2.28. The first-order valence-electron chi connectivity index (χ1n) is 11.0. The van der Waals surface area contributed by atoms with Crippen molar-refractivity contribution in [3.8, 4) is 27.5 Å². The number of hydrogen-bond acceptors (Lipinski definition) is 6. The Kier molecular flexibility index (Phi) is 5.51. The molecule has 9 nitrogen and oxygen atoms in total. The van der Waals surface area contributed by atoms with Crippen molar-refractivity contribution in [3.05, 3.63) is 83.3 Å². The summed E-state index contributed by atoms with van der Waals surface area (Å²) in [6.07, 6.45) is 8.43. The number of halogens is 1. The quantitative estimate of drug-likeness (QED) is 0.318. The Hall–Kier alpha value is -4.02. The molecule has 1 aliphatic rings. The lowest BCUT2D eigenvalue weighted by atomic mass is 9.95. The topological polar surface area (TPSA) is 113 Å². The Labute approximate surface area is 209 Å². The van der Waals surface area contributed by atoms with Gasteiger partial charge in [0, 0.05) is 35.9 Å². The highest BCUT2D eigenvalue weighted by Crippen LogP contribution is 2.44. The van der Waals surface area contributed by atoms with Gasteiger partial charge in [0.1, 0.15) is 5.82 Å². The van der Waals surface area contributed by atoms with Crippen LogP contribution in [0.3, 0.4) is 0 Å². The number of aromatic nitrogens is 6. The molecule has 1 aliphatic carbocycles. The van der Waals surface area contributed by atoms with E-state index < -0.39 is 0 Å². The number of hydrogen-bond donors (Lipinski definition) is 3. The number of para-hydroxylation sites is 1. The highest BCUT2D eigenvalue weighted by molar-refractivity contribution is 7.19. The van der Waals surface area contributed by atoms with E-state index in [0.29, 0.717) is 22.5 Å². The second-order valence-corrected chi connectivity index (χ2v) is 9.33. The van der Waals surface area contributed by atoms with Crippen molar-refractivity contribution in [1.29, 1.82) is 0 Å². The molecule has 4 heterocycles. The molecule has 3 N–H and O–H groups in total. The molecule has 0 aliphatic heterocycles. The summed E-state index contributed by atoms with van der Waals surface area (Å²) in [7, 11) is 0. The maximum Gasteiger partial charge on any atom is 0.321 e. The highest BCUT2D eigenvalue weighted by atomic mass is 35.5. The zero-order chi connectivity index (χ0) is 23.8. The van der Waals surface area contributed by atoms with Crippen LogP contribution in [0.15, 0.2) is 61.2 Å². The Morgan fingerprint density at radius 3 is 2.89 bits per heavy atom. The number of rotatable bonds is 5. The Morgan fingerprint density at radius 2 is 2.09 bits per heavy atom. The predicted octanol–water partition coefficient (Wildman–Crippen LogP) is 4.85.